The summed E-state index contributed by atoms with van der Waals surface area (Å²) in [6.45, 7) is 3.93. The molecule has 0 fully saturated rings. The van der Waals surface area contributed by atoms with E-state index in [0.29, 0.717) is 0 Å². The van der Waals surface area contributed by atoms with Crippen molar-refractivity contribution >= 4 is 10.9 Å². The minimum Gasteiger partial charge on any atom is -0.469 e. The Morgan fingerprint density at radius 2 is 1.95 bits per heavy atom. The van der Waals surface area contributed by atoms with Gasteiger partial charge in [0.25, 0.3) is 0 Å². The van der Waals surface area contributed by atoms with E-state index in [9.17, 15) is 0 Å². The van der Waals surface area contributed by atoms with Crippen molar-refractivity contribution < 1.29 is 4.42 Å². The van der Waals surface area contributed by atoms with Crippen LogP contribution in [0.5, 0.6) is 0 Å². The van der Waals surface area contributed by atoms with Gasteiger partial charge in [0.1, 0.15) is 5.76 Å². The Kier molecular flexibility index (Phi) is 2.84. The third-order valence-electron chi connectivity index (χ3n) is 3.45. The lowest BCUT2D eigenvalue weighted by molar-refractivity contribution is 0.527. The third-order valence-corrected chi connectivity index (χ3v) is 3.45. The van der Waals surface area contributed by atoms with Crippen molar-refractivity contribution in [1.82, 2.24) is 4.98 Å². The molecule has 2 heterocycles. The number of hydrogen-bond acceptors (Lipinski definition) is 3. The molecule has 2 N–H and O–H groups in total. The van der Waals surface area contributed by atoms with Gasteiger partial charge in [0.05, 0.1) is 17.8 Å². The van der Waals surface area contributed by atoms with Gasteiger partial charge in [0.2, 0.25) is 0 Å². The molecule has 0 saturated heterocycles. The first-order valence-corrected chi connectivity index (χ1v) is 6.32. The number of nitrogens with zero attached hydrogens (tertiary/aromatic N) is 1. The first-order valence-electron chi connectivity index (χ1n) is 6.32. The van der Waals surface area contributed by atoms with Gasteiger partial charge >= 0.3 is 0 Å². The number of furan rings is 1. The van der Waals surface area contributed by atoms with Gasteiger partial charge in [-0.05, 0) is 43.7 Å². The number of fused-ring (bicyclic) bond motifs is 1. The summed E-state index contributed by atoms with van der Waals surface area (Å²) in [5.74, 6) is 0.870. The van der Waals surface area contributed by atoms with E-state index in [1.807, 2.05) is 38.1 Å². The predicted molar refractivity (Wildman–Crippen MR) is 76.0 cm³/mol. The van der Waals surface area contributed by atoms with Gasteiger partial charge in [-0.1, -0.05) is 12.1 Å². The molecule has 0 aliphatic heterocycles. The molecule has 3 rings (SSSR count). The van der Waals surface area contributed by atoms with Gasteiger partial charge in [-0.15, -0.1) is 0 Å². The number of aromatic nitrogens is 1. The van der Waals surface area contributed by atoms with Crippen LogP contribution in [0.15, 0.2) is 47.1 Å². The molecule has 2 aromatic heterocycles. The second-order valence-corrected chi connectivity index (χ2v) is 4.81. The van der Waals surface area contributed by atoms with Gasteiger partial charge in [-0.3, -0.25) is 4.98 Å². The van der Waals surface area contributed by atoms with E-state index in [4.69, 9.17) is 10.2 Å². The molecule has 0 amide bonds. The number of pyridine rings is 1. The normalized spacial score (nSPS) is 12.8. The largest absolute Gasteiger partial charge is 0.469 e. The minimum absolute atomic E-state index is 0.163. The second kappa shape index (κ2) is 4.52. The van der Waals surface area contributed by atoms with Crippen molar-refractivity contribution in [1.29, 1.82) is 0 Å². The Balaban J connectivity index is 2.06. The zero-order chi connectivity index (χ0) is 13.4. The molecule has 1 atom stereocenters. The zero-order valence-electron chi connectivity index (χ0n) is 11.1. The van der Waals surface area contributed by atoms with Crippen LogP contribution in [-0.2, 0) is 0 Å². The topological polar surface area (TPSA) is 52.0 Å². The lowest BCUT2D eigenvalue weighted by Crippen LogP contribution is -2.12. The van der Waals surface area contributed by atoms with Crippen molar-refractivity contribution in [2.75, 3.05) is 0 Å². The summed E-state index contributed by atoms with van der Waals surface area (Å²) in [6.07, 6.45) is 1.68. The van der Waals surface area contributed by atoms with Gasteiger partial charge < -0.3 is 10.2 Å². The fourth-order valence-corrected chi connectivity index (χ4v) is 2.34. The van der Waals surface area contributed by atoms with E-state index < -0.39 is 0 Å². The smallest absolute Gasteiger partial charge is 0.105 e. The molecule has 3 aromatic rings. The van der Waals surface area contributed by atoms with Crippen LogP contribution in [0.1, 0.15) is 28.6 Å². The van der Waals surface area contributed by atoms with Crippen LogP contribution < -0.4 is 5.73 Å². The molecule has 0 spiro atoms. The van der Waals surface area contributed by atoms with Crippen molar-refractivity contribution in [2.45, 2.75) is 19.9 Å². The Labute approximate surface area is 112 Å². The van der Waals surface area contributed by atoms with Crippen LogP contribution in [-0.4, -0.2) is 4.98 Å². The van der Waals surface area contributed by atoms with Gasteiger partial charge in [-0.2, -0.15) is 0 Å². The molecule has 0 aliphatic rings. The van der Waals surface area contributed by atoms with Crippen LogP contribution in [0.4, 0.5) is 0 Å². The predicted octanol–water partition coefficient (Wildman–Crippen LogP) is 3.49. The van der Waals surface area contributed by atoms with Crippen molar-refractivity contribution in [3.63, 3.8) is 0 Å². The number of aryl methyl sites for hydroxylation is 2. The summed E-state index contributed by atoms with van der Waals surface area (Å²) >= 11 is 0. The maximum atomic E-state index is 6.30. The quantitative estimate of drug-likeness (QED) is 0.759. The van der Waals surface area contributed by atoms with E-state index >= 15 is 0 Å². The molecule has 0 saturated carbocycles. The molecule has 3 heteroatoms. The molecule has 0 radical (unpaired) electrons. The van der Waals surface area contributed by atoms with E-state index in [1.54, 1.807) is 6.26 Å². The monoisotopic (exact) mass is 252 g/mol. The van der Waals surface area contributed by atoms with Crippen LogP contribution >= 0.6 is 0 Å². The molecule has 1 unspecified atom stereocenters. The van der Waals surface area contributed by atoms with Crippen molar-refractivity contribution in [3.8, 4) is 0 Å². The van der Waals surface area contributed by atoms with E-state index in [2.05, 4.69) is 17.1 Å². The highest BCUT2D eigenvalue weighted by Gasteiger charge is 2.13. The molecular weight excluding hydrogens is 236 g/mol. The summed E-state index contributed by atoms with van der Waals surface area (Å²) in [5, 5.41) is 1.11. The van der Waals surface area contributed by atoms with E-state index in [-0.39, 0.29) is 6.04 Å². The summed E-state index contributed by atoms with van der Waals surface area (Å²) in [4.78, 5) is 4.50. The fourth-order valence-electron chi connectivity index (χ4n) is 2.34. The van der Waals surface area contributed by atoms with Crippen LogP contribution in [0, 0.1) is 13.8 Å². The molecule has 1 aromatic carbocycles. The maximum absolute atomic E-state index is 6.30. The average molecular weight is 252 g/mol. The average Bonchev–Trinajstić information content (AvgIpc) is 2.83. The first-order chi connectivity index (χ1) is 9.15. The summed E-state index contributed by atoms with van der Waals surface area (Å²) in [5.41, 5.74) is 10.4. The Morgan fingerprint density at radius 1 is 1.11 bits per heavy atom. The highest BCUT2D eigenvalue weighted by molar-refractivity contribution is 5.79. The SMILES string of the molecule is Cc1ccc2cc(C(N)c3ccoc3C)ccc2n1. The van der Waals surface area contributed by atoms with E-state index in [0.717, 1.165) is 33.5 Å². The number of rotatable bonds is 2. The number of nitrogens with two attached hydrogens (primary N) is 1. The second-order valence-electron chi connectivity index (χ2n) is 4.81. The van der Waals surface area contributed by atoms with Crippen LogP contribution in [0.3, 0.4) is 0 Å². The Hall–Kier alpha value is -2.13. The molecule has 0 aliphatic carbocycles. The summed E-state index contributed by atoms with van der Waals surface area (Å²) in [7, 11) is 0. The highest BCUT2D eigenvalue weighted by atomic mass is 16.3. The zero-order valence-corrected chi connectivity index (χ0v) is 11.1. The Morgan fingerprint density at radius 3 is 2.68 bits per heavy atom. The highest BCUT2D eigenvalue weighted by Crippen LogP contribution is 2.25. The number of benzene rings is 1. The number of hydrogen-bond donors (Lipinski definition) is 1. The molecule has 19 heavy (non-hydrogen) atoms. The van der Waals surface area contributed by atoms with Crippen LogP contribution in [0.25, 0.3) is 10.9 Å². The van der Waals surface area contributed by atoms with Crippen molar-refractivity contribution in [2.24, 2.45) is 5.73 Å². The summed E-state index contributed by atoms with van der Waals surface area (Å²) in [6, 6.07) is 12.0. The molecule has 3 nitrogen and oxygen atoms in total. The van der Waals surface area contributed by atoms with Gasteiger partial charge in [0.15, 0.2) is 0 Å². The van der Waals surface area contributed by atoms with Crippen molar-refractivity contribution in [3.05, 3.63) is 65.2 Å². The lowest BCUT2D eigenvalue weighted by atomic mass is 9.98. The fraction of sp³-hybridized carbons (Fsp3) is 0.188. The van der Waals surface area contributed by atoms with Gasteiger partial charge in [-0.25, -0.2) is 0 Å². The van der Waals surface area contributed by atoms with Gasteiger partial charge in [0, 0.05) is 16.6 Å². The first kappa shape index (κ1) is 11.9. The van der Waals surface area contributed by atoms with Crippen LogP contribution in [0.2, 0.25) is 0 Å². The standard InChI is InChI=1S/C16H16N2O/c1-10-3-4-12-9-13(5-6-15(12)18-10)16(17)14-7-8-19-11(14)2/h3-9,16H,17H2,1-2H3. The maximum Gasteiger partial charge on any atom is 0.105 e. The Bertz CT molecular complexity index is 730. The molecule has 96 valence electrons. The third kappa shape index (κ3) is 2.13. The molecule has 0 bridgehead atoms. The molecular formula is C16H16N2O. The minimum atomic E-state index is -0.163. The lowest BCUT2D eigenvalue weighted by Gasteiger charge is -2.12. The summed E-state index contributed by atoms with van der Waals surface area (Å²) < 4.78 is 5.32. The van der Waals surface area contributed by atoms with E-state index in [1.165, 1.54) is 0 Å².